The van der Waals surface area contributed by atoms with Crippen LogP contribution in [0.5, 0.6) is 23.1 Å². The summed E-state index contributed by atoms with van der Waals surface area (Å²) < 4.78 is 29.6. The molecule has 0 saturated carbocycles. The van der Waals surface area contributed by atoms with Crippen molar-refractivity contribution in [3.8, 4) is 23.1 Å². The highest BCUT2D eigenvalue weighted by atomic mass is 16.6. The van der Waals surface area contributed by atoms with Gasteiger partial charge in [-0.25, -0.2) is 19.7 Å². The summed E-state index contributed by atoms with van der Waals surface area (Å²) >= 11 is 0. The lowest BCUT2D eigenvalue weighted by Crippen LogP contribution is -2.22. The van der Waals surface area contributed by atoms with Crippen LogP contribution in [-0.2, 0) is 11.3 Å². The standard InChI is InChI=1S/C24H22N4O6/c1-30-18-6-14(11-28-13-27-17-8-16(24(29)32-3)10-26-23(17)28)7-19-22(18)34-20(12-33-19)15-4-5-21(31-2)25-9-15/h4-10,13,20H,11-12H2,1-3H3. The van der Waals surface area contributed by atoms with Gasteiger partial charge < -0.3 is 28.3 Å². The molecule has 0 fully saturated rings. The molecule has 4 aromatic rings. The van der Waals surface area contributed by atoms with E-state index in [-0.39, 0.29) is 6.10 Å². The van der Waals surface area contributed by atoms with Crippen molar-refractivity contribution in [2.45, 2.75) is 12.6 Å². The summed E-state index contributed by atoms with van der Waals surface area (Å²) in [6.45, 7) is 0.805. The molecule has 0 radical (unpaired) electrons. The van der Waals surface area contributed by atoms with Gasteiger partial charge in [0.1, 0.15) is 12.1 Å². The number of methoxy groups -OCH3 is 3. The van der Waals surface area contributed by atoms with Gasteiger partial charge in [-0.2, -0.15) is 0 Å². The molecule has 1 aromatic carbocycles. The zero-order chi connectivity index (χ0) is 23.7. The fraction of sp³-hybridized carbons (Fsp3) is 0.250. The molecule has 0 saturated heterocycles. The van der Waals surface area contributed by atoms with Crippen LogP contribution in [0.2, 0.25) is 0 Å². The number of esters is 1. The first-order valence-electron chi connectivity index (χ1n) is 10.5. The molecular formula is C24H22N4O6. The van der Waals surface area contributed by atoms with Gasteiger partial charge in [-0.1, -0.05) is 0 Å². The number of benzene rings is 1. The lowest BCUT2D eigenvalue weighted by Gasteiger charge is -2.28. The Balaban J connectivity index is 1.40. The Labute approximate surface area is 195 Å². The van der Waals surface area contributed by atoms with Gasteiger partial charge in [0, 0.05) is 24.0 Å². The summed E-state index contributed by atoms with van der Waals surface area (Å²) in [6.07, 6.45) is 4.54. The Bertz CT molecular complexity index is 1330. The van der Waals surface area contributed by atoms with Crippen LogP contribution in [0, 0.1) is 0 Å². The van der Waals surface area contributed by atoms with Crippen molar-refractivity contribution in [3.63, 3.8) is 0 Å². The molecule has 1 aliphatic rings. The summed E-state index contributed by atoms with van der Waals surface area (Å²) in [6, 6.07) is 9.14. The van der Waals surface area contributed by atoms with Crippen molar-refractivity contribution in [1.29, 1.82) is 0 Å². The number of nitrogens with zero attached hydrogens (tertiary/aromatic N) is 4. The molecule has 10 heteroatoms. The first-order chi connectivity index (χ1) is 16.6. The highest BCUT2D eigenvalue weighted by Crippen LogP contribution is 2.44. The van der Waals surface area contributed by atoms with Gasteiger partial charge in [0.2, 0.25) is 11.6 Å². The second-order valence-electron chi connectivity index (χ2n) is 7.61. The van der Waals surface area contributed by atoms with Crippen LogP contribution in [0.3, 0.4) is 0 Å². The van der Waals surface area contributed by atoms with Crippen LogP contribution >= 0.6 is 0 Å². The predicted molar refractivity (Wildman–Crippen MR) is 121 cm³/mol. The molecule has 0 N–H and O–H groups in total. The van der Waals surface area contributed by atoms with E-state index < -0.39 is 5.97 Å². The number of pyridine rings is 2. The molecular weight excluding hydrogens is 440 g/mol. The van der Waals surface area contributed by atoms with Gasteiger partial charge in [-0.3, -0.25) is 0 Å². The van der Waals surface area contributed by atoms with Gasteiger partial charge in [0.25, 0.3) is 0 Å². The Morgan fingerprint density at radius 3 is 2.71 bits per heavy atom. The molecule has 10 nitrogen and oxygen atoms in total. The molecule has 1 atom stereocenters. The third-order valence-corrected chi connectivity index (χ3v) is 5.52. The van der Waals surface area contributed by atoms with E-state index in [0.29, 0.717) is 53.0 Å². The summed E-state index contributed by atoms with van der Waals surface area (Å²) in [7, 11) is 4.49. The molecule has 1 aliphatic heterocycles. The average molecular weight is 462 g/mol. The smallest absolute Gasteiger partial charge is 0.339 e. The quantitative estimate of drug-likeness (QED) is 0.399. The van der Waals surface area contributed by atoms with E-state index in [1.165, 1.54) is 13.3 Å². The highest BCUT2D eigenvalue weighted by Gasteiger charge is 2.27. The number of hydrogen-bond donors (Lipinski definition) is 0. The number of ether oxygens (including phenoxy) is 5. The topological polar surface area (TPSA) is 107 Å². The van der Waals surface area contributed by atoms with Crippen LogP contribution in [0.25, 0.3) is 11.2 Å². The Morgan fingerprint density at radius 1 is 1.09 bits per heavy atom. The van der Waals surface area contributed by atoms with Crippen molar-refractivity contribution in [2.24, 2.45) is 0 Å². The maximum Gasteiger partial charge on any atom is 0.339 e. The fourth-order valence-electron chi connectivity index (χ4n) is 3.80. The van der Waals surface area contributed by atoms with Gasteiger partial charge in [0.05, 0.1) is 39.8 Å². The number of hydrogen-bond acceptors (Lipinski definition) is 9. The van der Waals surface area contributed by atoms with Crippen molar-refractivity contribution in [1.82, 2.24) is 19.5 Å². The van der Waals surface area contributed by atoms with Gasteiger partial charge in [0.15, 0.2) is 23.3 Å². The third-order valence-electron chi connectivity index (χ3n) is 5.52. The predicted octanol–water partition coefficient (Wildman–Crippen LogP) is 3.19. The first-order valence-corrected chi connectivity index (χ1v) is 10.5. The number of aromatic nitrogens is 4. The van der Waals surface area contributed by atoms with E-state index in [4.69, 9.17) is 23.7 Å². The van der Waals surface area contributed by atoms with E-state index >= 15 is 0 Å². The summed E-state index contributed by atoms with van der Waals surface area (Å²) in [5.74, 6) is 1.77. The monoisotopic (exact) mass is 462 g/mol. The highest BCUT2D eigenvalue weighted by molar-refractivity contribution is 5.92. The minimum Gasteiger partial charge on any atom is -0.493 e. The SMILES string of the molecule is COC(=O)c1cnc2c(c1)ncn2Cc1cc(OC)c2c(c1)OCC(c1ccc(OC)nc1)O2. The summed E-state index contributed by atoms with van der Waals surface area (Å²) in [5, 5.41) is 0. The number of carbonyl (C=O) groups is 1. The number of carbonyl (C=O) groups excluding carboxylic acids is 1. The van der Waals surface area contributed by atoms with Gasteiger partial charge in [-0.05, 0) is 29.8 Å². The fourth-order valence-corrected chi connectivity index (χ4v) is 3.80. The first kappa shape index (κ1) is 21.5. The summed E-state index contributed by atoms with van der Waals surface area (Å²) in [5.41, 5.74) is 3.39. The van der Waals surface area contributed by atoms with Crippen molar-refractivity contribution in [2.75, 3.05) is 27.9 Å². The van der Waals surface area contributed by atoms with E-state index in [9.17, 15) is 4.79 Å². The van der Waals surface area contributed by atoms with E-state index in [1.54, 1.807) is 38.9 Å². The van der Waals surface area contributed by atoms with E-state index in [1.807, 2.05) is 22.8 Å². The van der Waals surface area contributed by atoms with Crippen molar-refractivity contribution in [3.05, 3.63) is 65.7 Å². The lowest BCUT2D eigenvalue weighted by atomic mass is 10.1. The zero-order valence-corrected chi connectivity index (χ0v) is 18.8. The van der Waals surface area contributed by atoms with E-state index in [0.717, 1.165) is 11.1 Å². The van der Waals surface area contributed by atoms with Crippen LogP contribution in [0.4, 0.5) is 0 Å². The summed E-state index contributed by atoms with van der Waals surface area (Å²) in [4.78, 5) is 24.8. The Hall–Kier alpha value is -4.34. The molecule has 1 unspecified atom stereocenters. The molecule has 0 bridgehead atoms. The molecule has 34 heavy (non-hydrogen) atoms. The third kappa shape index (κ3) is 3.94. The van der Waals surface area contributed by atoms with E-state index in [2.05, 4.69) is 15.0 Å². The van der Waals surface area contributed by atoms with Crippen LogP contribution < -0.4 is 18.9 Å². The zero-order valence-electron chi connectivity index (χ0n) is 18.8. The number of fused-ring (bicyclic) bond motifs is 2. The average Bonchev–Trinajstić information content (AvgIpc) is 3.29. The number of imidazole rings is 1. The molecule has 4 heterocycles. The lowest BCUT2D eigenvalue weighted by molar-refractivity contribution is 0.0600. The maximum absolute atomic E-state index is 11.8. The van der Waals surface area contributed by atoms with Crippen LogP contribution in [0.1, 0.15) is 27.6 Å². The van der Waals surface area contributed by atoms with Crippen molar-refractivity contribution >= 4 is 17.1 Å². The second kappa shape index (κ2) is 8.89. The molecule has 3 aromatic heterocycles. The molecule has 0 aliphatic carbocycles. The maximum atomic E-state index is 11.8. The molecule has 174 valence electrons. The molecule has 5 rings (SSSR count). The van der Waals surface area contributed by atoms with Crippen molar-refractivity contribution < 1.29 is 28.5 Å². The molecule has 0 spiro atoms. The minimum atomic E-state index is -0.454. The number of rotatable bonds is 6. The largest absolute Gasteiger partial charge is 0.493 e. The second-order valence-corrected chi connectivity index (χ2v) is 7.61. The van der Waals surface area contributed by atoms with Gasteiger partial charge in [-0.15, -0.1) is 0 Å². The van der Waals surface area contributed by atoms with Gasteiger partial charge >= 0.3 is 5.97 Å². The molecule has 0 amide bonds. The van der Waals surface area contributed by atoms with Crippen LogP contribution in [-0.4, -0.2) is 53.4 Å². The Kier molecular flexibility index (Phi) is 5.62. The minimum absolute atomic E-state index is 0.323. The Morgan fingerprint density at radius 2 is 1.97 bits per heavy atom. The normalized spacial score (nSPS) is 14.6. The van der Waals surface area contributed by atoms with Crippen LogP contribution in [0.15, 0.2) is 49.1 Å².